The van der Waals surface area contributed by atoms with Gasteiger partial charge in [-0.1, -0.05) is 11.6 Å². The van der Waals surface area contributed by atoms with E-state index < -0.39 is 15.8 Å². The average Bonchev–Trinajstić information content (AvgIpc) is 2.42. The Morgan fingerprint density at radius 1 is 1.25 bits per heavy atom. The van der Waals surface area contributed by atoms with Crippen molar-refractivity contribution in [2.75, 3.05) is 17.1 Å². The van der Waals surface area contributed by atoms with E-state index in [0.717, 1.165) is 12.1 Å². The number of halogens is 2. The molecule has 8 heteroatoms. The Hall–Kier alpha value is -1.86. The molecule has 0 aliphatic carbocycles. The number of nitrogens with zero attached hydrogens (tertiary/aromatic N) is 1. The highest BCUT2D eigenvalue weighted by Gasteiger charge is 2.21. The minimum atomic E-state index is -3.97. The summed E-state index contributed by atoms with van der Waals surface area (Å²) in [7, 11) is -2.40. The highest BCUT2D eigenvalue weighted by atomic mass is 35.5. The molecule has 2 rings (SSSR count). The molecule has 106 valence electrons. The van der Waals surface area contributed by atoms with Gasteiger partial charge in [0.1, 0.15) is 5.82 Å². The van der Waals surface area contributed by atoms with Gasteiger partial charge in [-0.05, 0) is 30.3 Å². The zero-order chi connectivity index (χ0) is 14.8. The number of aromatic nitrogens is 1. The third-order valence-corrected chi connectivity index (χ3v) is 4.12. The van der Waals surface area contributed by atoms with Gasteiger partial charge in [0.25, 0.3) is 10.0 Å². The predicted molar refractivity (Wildman–Crippen MR) is 76.0 cm³/mol. The maximum Gasteiger partial charge on any atom is 0.281 e. The topological polar surface area (TPSA) is 71.1 Å². The number of hydrogen-bond acceptors (Lipinski definition) is 4. The number of hydrogen-bond donors (Lipinski definition) is 2. The van der Waals surface area contributed by atoms with Gasteiger partial charge in [-0.3, -0.25) is 4.72 Å². The van der Waals surface area contributed by atoms with Crippen molar-refractivity contribution >= 4 is 33.0 Å². The molecule has 0 fully saturated rings. The Balaban J connectivity index is 2.43. The second-order valence-corrected chi connectivity index (χ2v) is 5.84. The highest BCUT2D eigenvalue weighted by Crippen LogP contribution is 2.26. The smallest absolute Gasteiger partial charge is 0.281 e. The van der Waals surface area contributed by atoms with Crippen molar-refractivity contribution in [1.29, 1.82) is 0 Å². The van der Waals surface area contributed by atoms with E-state index in [-0.39, 0.29) is 15.7 Å². The zero-order valence-corrected chi connectivity index (χ0v) is 12.0. The fraction of sp³-hybridized carbons (Fsp3) is 0.0833. The molecule has 2 aromatic rings. The van der Waals surface area contributed by atoms with Crippen LogP contribution < -0.4 is 10.0 Å². The molecule has 0 bridgehead atoms. The lowest BCUT2D eigenvalue weighted by Gasteiger charge is -2.11. The van der Waals surface area contributed by atoms with E-state index in [4.69, 9.17) is 11.6 Å². The minimum absolute atomic E-state index is 0.0422. The lowest BCUT2D eigenvalue weighted by atomic mass is 10.3. The molecule has 0 atom stereocenters. The van der Waals surface area contributed by atoms with E-state index in [0.29, 0.717) is 5.69 Å². The molecule has 0 saturated heterocycles. The third kappa shape index (κ3) is 3.00. The summed E-state index contributed by atoms with van der Waals surface area (Å²) >= 11 is 5.83. The van der Waals surface area contributed by atoms with Crippen LogP contribution in [0.1, 0.15) is 0 Å². The number of benzene rings is 1. The number of anilines is 2. The van der Waals surface area contributed by atoms with Crippen LogP contribution in [-0.4, -0.2) is 20.4 Å². The van der Waals surface area contributed by atoms with Crippen molar-refractivity contribution in [2.45, 2.75) is 5.03 Å². The van der Waals surface area contributed by atoms with Crippen molar-refractivity contribution in [2.24, 2.45) is 0 Å². The molecule has 0 radical (unpaired) electrons. The van der Waals surface area contributed by atoms with Crippen molar-refractivity contribution < 1.29 is 12.8 Å². The fourth-order valence-electron chi connectivity index (χ4n) is 1.56. The van der Waals surface area contributed by atoms with Crippen LogP contribution in [0.4, 0.5) is 15.8 Å². The molecule has 2 N–H and O–H groups in total. The molecule has 1 heterocycles. The molecule has 20 heavy (non-hydrogen) atoms. The van der Waals surface area contributed by atoms with Crippen LogP contribution in [0.25, 0.3) is 0 Å². The Morgan fingerprint density at radius 2 is 2.00 bits per heavy atom. The molecule has 0 amide bonds. The Kier molecular flexibility index (Phi) is 4.10. The fourth-order valence-corrected chi connectivity index (χ4v) is 3.00. The summed E-state index contributed by atoms with van der Waals surface area (Å²) in [5, 5.41) is 2.63. The van der Waals surface area contributed by atoms with E-state index >= 15 is 0 Å². The molecule has 0 aliphatic heterocycles. The molecule has 1 aromatic carbocycles. The average molecular weight is 316 g/mol. The summed E-state index contributed by atoms with van der Waals surface area (Å²) in [6.07, 6.45) is 1.35. The molecule has 1 aromatic heterocycles. The summed E-state index contributed by atoms with van der Waals surface area (Å²) in [4.78, 5) is 3.82. The zero-order valence-electron chi connectivity index (χ0n) is 10.4. The maximum atomic E-state index is 13.1. The molecule has 0 spiro atoms. The molecule has 0 aliphatic rings. The number of sulfonamides is 1. The summed E-state index contributed by atoms with van der Waals surface area (Å²) < 4.78 is 39.9. The second-order valence-electron chi connectivity index (χ2n) is 3.84. The minimum Gasteiger partial charge on any atom is -0.386 e. The first kappa shape index (κ1) is 14.5. The lowest BCUT2D eigenvalue weighted by molar-refractivity contribution is 0.598. The van der Waals surface area contributed by atoms with Crippen molar-refractivity contribution in [3.8, 4) is 0 Å². The number of pyridine rings is 1. The first-order valence-electron chi connectivity index (χ1n) is 5.54. The lowest BCUT2D eigenvalue weighted by Crippen LogP contribution is -2.16. The van der Waals surface area contributed by atoms with Gasteiger partial charge in [0.15, 0.2) is 5.03 Å². The quantitative estimate of drug-likeness (QED) is 0.910. The molecule has 5 nitrogen and oxygen atoms in total. The van der Waals surface area contributed by atoms with Crippen molar-refractivity contribution in [3.63, 3.8) is 0 Å². The van der Waals surface area contributed by atoms with Crippen LogP contribution in [0.15, 0.2) is 41.6 Å². The number of rotatable bonds is 4. The molecular formula is C12H11ClFN3O2S. The van der Waals surface area contributed by atoms with Gasteiger partial charge in [-0.15, -0.1) is 0 Å². The second kappa shape index (κ2) is 5.64. The van der Waals surface area contributed by atoms with E-state index in [1.807, 2.05) is 0 Å². The molecule has 0 unspecified atom stereocenters. The van der Waals surface area contributed by atoms with Gasteiger partial charge in [-0.25, -0.2) is 9.37 Å². The van der Waals surface area contributed by atoms with Gasteiger partial charge in [-0.2, -0.15) is 8.42 Å². The van der Waals surface area contributed by atoms with Gasteiger partial charge in [0.2, 0.25) is 0 Å². The Morgan fingerprint density at radius 3 is 2.70 bits per heavy atom. The van der Waals surface area contributed by atoms with Crippen LogP contribution in [0.3, 0.4) is 0 Å². The summed E-state index contributed by atoms with van der Waals surface area (Å²) in [6, 6.07) is 6.57. The SMILES string of the molecule is CNc1cccnc1S(=O)(=O)Nc1cc(F)ccc1Cl. The van der Waals surface area contributed by atoms with Crippen LogP contribution in [0.5, 0.6) is 0 Å². The van der Waals surface area contributed by atoms with Crippen molar-refractivity contribution in [3.05, 3.63) is 47.4 Å². The van der Waals surface area contributed by atoms with E-state index in [9.17, 15) is 12.8 Å². The van der Waals surface area contributed by atoms with Gasteiger partial charge in [0.05, 0.1) is 16.4 Å². The standard InChI is InChI=1S/C12H11ClFN3O2S/c1-15-10-3-2-6-16-12(10)20(18,19)17-11-7-8(14)4-5-9(11)13/h2-7,15,17H,1H3. The number of nitrogens with one attached hydrogen (secondary N) is 2. The highest BCUT2D eigenvalue weighted by molar-refractivity contribution is 7.92. The van der Waals surface area contributed by atoms with E-state index in [1.54, 1.807) is 19.2 Å². The predicted octanol–water partition coefficient (Wildman–Crippen LogP) is 2.72. The van der Waals surface area contributed by atoms with Crippen LogP contribution in [-0.2, 0) is 10.0 Å². The van der Waals surface area contributed by atoms with Gasteiger partial charge in [0, 0.05) is 13.2 Å². The Labute approximate surface area is 120 Å². The Bertz CT molecular complexity index is 737. The molecule has 0 saturated carbocycles. The summed E-state index contributed by atoms with van der Waals surface area (Å²) in [5.41, 5.74) is 0.284. The maximum absolute atomic E-state index is 13.1. The monoisotopic (exact) mass is 315 g/mol. The first-order valence-corrected chi connectivity index (χ1v) is 7.41. The van der Waals surface area contributed by atoms with E-state index in [2.05, 4.69) is 15.0 Å². The third-order valence-electron chi connectivity index (χ3n) is 2.47. The summed E-state index contributed by atoms with van der Waals surface area (Å²) in [5.74, 6) is -0.595. The summed E-state index contributed by atoms with van der Waals surface area (Å²) in [6.45, 7) is 0. The normalized spacial score (nSPS) is 11.2. The van der Waals surface area contributed by atoms with Gasteiger partial charge < -0.3 is 5.32 Å². The first-order chi connectivity index (χ1) is 9.44. The molecular weight excluding hydrogens is 305 g/mol. The largest absolute Gasteiger partial charge is 0.386 e. The van der Waals surface area contributed by atoms with E-state index in [1.165, 1.54) is 12.3 Å². The van der Waals surface area contributed by atoms with Crippen LogP contribution in [0, 0.1) is 5.82 Å². The van der Waals surface area contributed by atoms with Gasteiger partial charge >= 0.3 is 0 Å². The van der Waals surface area contributed by atoms with Crippen molar-refractivity contribution in [1.82, 2.24) is 4.98 Å². The van der Waals surface area contributed by atoms with Crippen LogP contribution in [0.2, 0.25) is 5.02 Å². The van der Waals surface area contributed by atoms with Crippen LogP contribution >= 0.6 is 11.6 Å².